The average molecular weight is 410 g/mol. The maximum absolute atomic E-state index is 13.5. The molecule has 8 heteroatoms. The van der Waals surface area contributed by atoms with Crippen molar-refractivity contribution in [3.05, 3.63) is 29.3 Å². The Kier molecular flexibility index (Phi) is 5.49. The van der Waals surface area contributed by atoms with Gasteiger partial charge in [-0.15, -0.1) is 0 Å². The van der Waals surface area contributed by atoms with Gasteiger partial charge in [-0.2, -0.15) is 0 Å². The van der Waals surface area contributed by atoms with Crippen LogP contribution in [0, 0.1) is 17.0 Å². The molecule has 0 heterocycles. The Morgan fingerprint density at radius 2 is 1.59 bits per heavy atom. The van der Waals surface area contributed by atoms with Crippen molar-refractivity contribution in [3.63, 3.8) is 0 Å². The van der Waals surface area contributed by atoms with E-state index in [1.165, 1.54) is 0 Å². The maximum Gasteiger partial charge on any atom is 0.408 e. The lowest BCUT2D eigenvalue weighted by atomic mass is 9.57. The summed E-state index contributed by atoms with van der Waals surface area (Å²) in [4.78, 5) is 24.5. The fraction of sp³-hybridized carbons (Fsp3) is 0.619. The summed E-state index contributed by atoms with van der Waals surface area (Å²) in [5, 5.41) is 15.0. The third-order valence-corrected chi connectivity index (χ3v) is 6.07. The standard InChI is InChI=1S/C21H28F2N2O4/c1-19(2,3)29-18(28)25-21-7-4-20(5-8-21,6-9-21)12-24-17(27)13-10-14(22)16(26)15(23)11-13/h10-11,26H,4-9,12H2,1-3H3,(H,24,27)(H,25,28). The molecule has 0 aromatic heterocycles. The molecule has 3 N–H and O–H groups in total. The summed E-state index contributed by atoms with van der Waals surface area (Å²) in [7, 11) is 0. The molecule has 1 aromatic rings. The van der Waals surface area contributed by atoms with Crippen LogP contribution in [0.1, 0.15) is 69.7 Å². The Morgan fingerprint density at radius 3 is 2.07 bits per heavy atom. The van der Waals surface area contributed by atoms with Crippen LogP contribution < -0.4 is 10.6 Å². The van der Waals surface area contributed by atoms with Crippen LogP contribution in [0.15, 0.2) is 12.1 Å². The number of hydrogen-bond donors (Lipinski definition) is 3. The molecule has 6 nitrogen and oxygen atoms in total. The van der Waals surface area contributed by atoms with Gasteiger partial charge in [-0.1, -0.05) is 0 Å². The van der Waals surface area contributed by atoms with Crippen LogP contribution >= 0.6 is 0 Å². The number of benzene rings is 1. The molecule has 3 fully saturated rings. The van der Waals surface area contributed by atoms with Gasteiger partial charge in [0.25, 0.3) is 5.91 Å². The van der Waals surface area contributed by atoms with Crippen LogP contribution in [0.3, 0.4) is 0 Å². The number of phenols is 1. The van der Waals surface area contributed by atoms with E-state index < -0.39 is 35.0 Å². The smallest absolute Gasteiger partial charge is 0.408 e. The number of carbonyl (C=O) groups is 2. The lowest BCUT2D eigenvalue weighted by molar-refractivity contribution is 0.00519. The molecule has 29 heavy (non-hydrogen) atoms. The third kappa shape index (κ3) is 4.79. The van der Waals surface area contributed by atoms with E-state index in [0.717, 1.165) is 50.7 Å². The van der Waals surface area contributed by atoms with Crippen molar-refractivity contribution >= 4 is 12.0 Å². The summed E-state index contributed by atoms with van der Waals surface area (Å²) in [6.45, 7) is 5.88. The van der Waals surface area contributed by atoms with Crippen LogP contribution in [0.25, 0.3) is 0 Å². The largest absolute Gasteiger partial charge is 0.503 e. The molecule has 3 saturated carbocycles. The molecule has 4 rings (SSSR count). The van der Waals surface area contributed by atoms with E-state index in [0.29, 0.717) is 6.54 Å². The molecule has 0 spiro atoms. The molecule has 0 atom stereocenters. The van der Waals surface area contributed by atoms with E-state index in [1.54, 1.807) is 0 Å². The zero-order valence-electron chi connectivity index (χ0n) is 17.0. The molecule has 3 aliphatic rings. The molecule has 0 unspecified atom stereocenters. The zero-order valence-corrected chi connectivity index (χ0v) is 17.0. The van der Waals surface area contributed by atoms with Crippen molar-refractivity contribution < 1.29 is 28.2 Å². The number of phenolic OH excluding ortho intramolecular Hbond substituents is 1. The second-order valence-corrected chi connectivity index (χ2v) is 9.38. The van der Waals surface area contributed by atoms with Gasteiger partial charge in [-0.05, 0) is 76.8 Å². The predicted octanol–water partition coefficient (Wildman–Crippen LogP) is 4.02. The molecule has 0 aliphatic heterocycles. The average Bonchev–Trinajstić information content (AvgIpc) is 2.63. The minimum Gasteiger partial charge on any atom is -0.503 e. The number of nitrogens with one attached hydrogen (secondary N) is 2. The third-order valence-electron chi connectivity index (χ3n) is 6.07. The number of fused-ring (bicyclic) bond motifs is 3. The van der Waals surface area contributed by atoms with E-state index in [4.69, 9.17) is 9.84 Å². The van der Waals surface area contributed by atoms with Crippen LogP contribution in [0.2, 0.25) is 0 Å². The number of rotatable bonds is 4. The summed E-state index contributed by atoms with van der Waals surface area (Å²) in [5.41, 5.74) is -1.06. The van der Waals surface area contributed by atoms with Crippen LogP contribution in [0.4, 0.5) is 13.6 Å². The van der Waals surface area contributed by atoms with Crippen LogP contribution in [-0.4, -0.2) is 34.8 Å². The highest BCUT2D eigenvalue weighted by Crippen LogP contribution is 2.52. The molecule has 1 aromatic carbocycles. The van der Waals surface area contributed by atoms with E-state index in [2.05, 4.69) is 10.6 Å². The summed E-state index contributed by atoms with van der Waals surface area (Å²) in [6.07, 6.45) is 4.49. The minimum absolute atomic E-state index is 0.0823. The Hall–Kier alpha value is -2.38. The van der Waals surface area contributed by atoms with Crippen molar-refractivity contribution in [2.75, 3.05) is 6.54 Å². The fourth-order valence-electron chi connectivity index (χ4n) is 4.30. The Morgan fingerprint density at radius 1 is 1.07 bits per heavy atom. The first-order chi connectivity index (χ1) is 13.4. The normalized spacial score (nSPS) is 26.1. The predicted molar refractivity (Wildman–Crippen MR) is 103 cm³/mol. The van der Waals surface area contributed by atoms with Gasteiger partial charge in [0.2, 0.25) is 0 Å². The van der Waals surface area contributed by atoms with Gasteiger partial charge in [0.15, 0.2) is 17.4 Å². The first-order valence-electron chi connectivity index (χ1n) is 9.90. The molecule has 2 bridgehead atoms. The lowest BCUT2D eigenvalue weighted by Gasteiger charge is -2.53. The van der Waals surface area contributed by atoms with E-state index in [-0.39, 0.29) is 16.5 Å². The van der Waals surface area contributed by atoms with E-state index in [9.17, 15) is 18.4 Å². The lowest BCUT2D eigenvalue weighted by Crippen LogP contribution is -2.59. The van der Waals surface area contributed by atoms with Gasteiger partial charge >= 0.3 is 6.09 Å². The number of amides is 2. The molecule has 0 saturated heterocycles. The number of hydrogen-bond acceptors (Lipinski definition) is 4. The van der Waals surface area contributed by atoms with Crippen LogP contribution in [-0.2, 0) is 4.74 Å². The number of alkyl carbamates (subject to hydrolysis) is 1. The van der Waals surface area contributed by atoms with Crippen molar-refractivity contribution in [2.24, 2.45) is 5.41 Å². The number of halogens is 2. The molecule has 3 aliphatic carbocycles. The van der Waals surface area contributed by atoms with Gasteiger partial charge in [0.1, 0.15) is 5.60 Å². The van der Waals surface area contributed by atoms with E-state index >= 15 is 0 Å². The second kappa shape index (κ2) is 7.46. The van der Waals surface area contributed by atoms with E-state index in [1.807, 2.05) is 20.8 Å². The van der Waals surface area contributed by atoms with Crippen LogP contribution in [0.5, 0.6) is 5.75 Å². The molecule has 2 amide bonds. The molecular weight excluding hydrogens is 382 g/mol. The highest BCUT2D eigenvalue weighted by Gasteiger charge is 2.49. The summed E-state index contributed by atoms with van der Waals surface area (Å²) in [6, 6.07) is 1.64. The second-order valence-electron chi connectivity index (χ2n) is 9.38. The quantitative estimate of drug-likeness (QED) is 0.700. The van der Waals surface area contributed by atoms with Crippen molar-refractivity contribution in [2.45, 2.75) is 70.4 Å². The molecule has 0 radical (unpaired) electrons. The molecule has 160 valence electrons. The van der Waals surface area contributed by atoms with Crippen molar-refractivity contribution in [3.8, 4) is 5.75 Å². The summed E-state index contributed by atoms with van der Waals surface area (Å²) >= 11 is 0. The number of carbonyl (C=O) groups excluding carboxylic acids is 2. The summed E-state index contributed by atoms with van der Waals surface area (Å²) < 4.78 is 32.3. The van der Waals surface area contributed by atoms with Crippen molar-refractivity contribution in [1.29, 1.82) is 0 Å². The first-order valence-corrected chi connectivity index (χ1v) is 9.90. The topological polar surface area (TPSA) is 87.7 Å². The Labute approximate surface area is 169 Å². The Balaban J connectivity index is 1.56. The first kappa shape index (κ1) is 21.3. The minimum atomic E-state index is -1.17. The number of ether oxygens (including phenoxy) is 1. The highest BCUT2D eigenvalue weighted by molar-refractivity contribution is 5.94. The maximum atomic E-state index is 13.5. The highest BCUT2D eigenvalue weighted by atomic mass is 19.1. The number of aromatic hydroxyl groups is 1. The zero-order chi connectivity index (χ0) is 21.4. The van der Waals surface area contributed by atoms with Gasteiger partial charge in [-0.25, -0.2) is 13.6 Å². The fourth-order valence-corrected chi connectivity index (χ4v) is 4.30. The van der Waals surface area contributed by atoms with Gasteiger partial charge in [0, 0.05) is 17.6 Å². The van der Waals surface area contributed by atoms with Gasteiger partial charge < -0.3 is 20.5 Å². The van der Waals surface area contributed by atoms with Gasteiger partial charge in [-0.3, -0.25) is 4.79 Å². The van der Waals surface area contributed by atoms with Crippen molar-refractivity contribution in [1.82, 2.24) is 10.6 Å². The Bertz CT molecular complexity index is 772. The monoisotopic (exact) mass is 410 g/mol. The summed E-state index contributed by atoms with van der Waals surface area (Å²) in [5.74, 6) is -4.00. The molecular formula is C21H28F2N2O4. The van der Waals surface area contributed by atoms with Gasteiger partial charge in [0.05, 0.1) is 0 Å². The SMILES string of the molecule is CC(C)(C)OC(=O)NC12CCC(CNC(=O)c3cc(F)c(O)c(F)c3)(CC1)CC2.